The van der Waals surface area contributed by atoms with Gasteiger partial charge in [-0.1, -0.05) is 29.8 Å². The summed E-state index contributed by atoms with van der Waals surface area (Å²) in [7, 11) is 3.58. The van der Waals surface area contributed by atoms with Gasteiger partial charge in [0.1, 0.15) is 0 Å². The van der Waals surface area contributed by atoms with E-state index in [-0.39, 0.29) is 5.91 Å². The summed E-state index contributed by atoms with van der Waals surface area (Å²) in [6.07, 6.45) is 5.90. The third-order valence-electron chi connectivity index (χ3n) is 4.90. The van der Waals surface area contributed by atoms with Gasteiger partial charge in [-0.25, -0.2) is 4.68 Å². The monoisotopic (exact) mass is 476 g/mol. The first-order chi connectivity index (χ1) is 16.4. The Labute approximate surface area is 203 Å². The van der Waals surface area contributed by atoms with Gasteiger partial charge in [-0.05, 0) is 49.4 Å². The molecule has 2 aromatic carbocycles. The number of amides is 2. The molecule has 9 heteroatoms. The minimum absolute atomic E-state index is 0.0940. The summed E-state index contributed by atoms with van der Waals surface area (Å²) in [5.41, 5.74) is 4.65. The molecular formula is C25H25ClN6O2. The molecule has 2 amide bonds. The van der Waals surface area contributed by atoms with Crippen molar-refractivity contribution in [3.8, 4) is 5.69 Å². The second-order valence-electron chi connectivity index (χ2n) is 7.24. The van der Waals surface area contributed by atoms with Gasteiger partial charge in [-0.3, -0.25) is 14.6 Å². The van der Waals surface area contributed by atoms with Gasteiger partial charge in [0, 0.05) is 25.4 Å². The molecule has 8 nitrogen and oxygen atoms in total. The number of benzene rings is 2. The molecule has 2 N–H and O–H groups in total. The highest BCUT2D eigenvalue weighted by Crippen LogP contribution is 2.19. The normalized spacial score (nSPS) is 10.0. The number of pyridine rings is 1. The molecule has 0 atom stereocenters. The number of nitrogens with one attached hydrogen (secondary N) is 2. The standard InChI is InChI=1S/C18H19N5O.C7H6ClNO/c1-13-7-8-17(11-20-13)22(3)18(24)14-5-4-6-16(9-14)23-12-15(19-2)10-21-23;8-6-3-1-2-4-7(6)9-5-10/h4-12,19H,1-3H3;1-5H,(H,9,10). The number of aromatic nitrogens is 3. The van der Waals surface area contributed by atoms with Gasteiger partial charge in [-0.15, -0.1) is 0 Å². The molecule has 0 spiro atoms. The third kappa shape index (κ3) is 6.20. The SMILES string of the molecule is CNc1cnn(-c2cccc(C(=O)N(C)c3ccc(C)nc3)c2)c1.O=CNc1ccccc1Cl. The van der Waals surface area contributed by atoms with Gasteiger partial charge in [0.2, 0.25) is 6.41 Å². The molecule has 34 heavy (non-hydrogen) atoms. The number of hydrogen-bond acceptors (Lipinski definition) is 5. The van der Waals surface area contributed by atoms with Crippen molar-refractivity contribution in [2.45, 2.75) is 6.92 Å². The number of halogens is 1. The number of para-hydroxylation sites is 1. The molecule has 0 saturated carbocycles. The van der Waals surface area contributed by atoms with Gasteiger partial charge >= 0.3 is 0 Å². The molecule has 174 valence electrons. The summed E-state index contributed by atoms with van der Waals surface area (Å²) >= 11 is 5.68. The Morgan fingerprint density at radius 3 is 2.53 bits per heavy atom. The smallest absolute Gasteiger partial charge is 0.258 e. The van der Waals surface area contributed by atoms with Crippen LogP contribution in [-0.4, -0.2) is 41.2 Å². The highest BCUT2D eigenvalue weighted by atomic mass is 35.5. The number of nitrogens with zero attached hydrogens (tertiary/aromatic N) is 4. The lowest BCUT2D eigenvalue weighted by atomic mass is 10.1. The maximum atomic E-state index is 12.7. The molecular weight excluding hydrogens is 452 g/mol. The molecule has 0 radical (unpaired) electrons. The fraction of sp³-hybridized carbons (Fsp3) is 0.120. The zero-order chi connectivity index (χ0) is 24.5. The van der Waals surface area contributed by atoms with Crippen molar-refractivity contribution in [2.75, 3.05) is 29.6 Å². The zero-order valence-electron chi connectivity index (χ0n) is 19.1. The third-order valence-corrected chi connectivity index (χ3v) is 5.23. The molecule has 4 aromatic rings. The van der Waals surface area contributed by atoms with Gasteiger partial charge in [-0.2, -0.15) is 5.10 Å². The number of carbonyl (C=O) groups excluding carboxylic acids is 2. The number of hydrogen-bond donors (Lipinski definition) is 2. The Hall–Kier alpha value is -4.17. The van der Waals surface area contributed by atoms with Crippen molar-refractivity contribution >= 4 is 41.0 Å². The number of carbonyl (C=O) groups is 2. The topological polar surface area (TPSA) is 92.2 Å². The molecule has 4 rings (SSSR count). The van der Waals surface area contributed by atoms with E-state index in [1.165, 1.54) is 0 Å². The van der Waals surface area contributed by atoms with Crippen LogP contribution >= 0.6 is 11.6 Å². The Bertz CT molecular complexity index is 1260. The molecule has 0 aliphatic heterocycles. The van der Waals surface area contributed by atoms with Crippen molar-refractivity contribution in [1.29, 1.82) is 0 Å². The fourth-order valence-corrected chi connectivity index (χ4v) is 3.18. The predicted octanol–water partition coefficient (Wildman–Crippen LogP) is 4.80. The quantitative estimate of drug-likeness (QED) is 0.390. The number of anilines is 3. The van der Waals surface area contributed by atoms with Crippen molar-refractivity contribution in [2.24, 2.45) is 0 Å². The van der Waals surface area contributed by atoms with E-state index >= 15 is 0 Å². The maximum absolute atomic E-state index is 12.7. The lowest BCUT2D eigenvalue weighted by Crippen LogP contribution is -2.26. The van der Waals surface area contributed by atoms with Gasteiger partial charge in [0.25, 0.3) is 5.91 Å². The second-order valence-corrected chi connectivity index (χ2v) is 7.65. The van der Waals surface area contributed by atoms with E-state index in [0.717, 1.165) is 22.8 Å². The molecule has 0 unspecified atom stereocenters. The number of rotatable bonds is 6. The summed E-state index contributed by atoms with van der Waals surface area (Å²) in [5.74, 6) is -0.0940. The van der Waals surface area contributed by atoms with E-state index in [2.05, 4.69) is 20.7 Å². The van der Waals surface area contributed by atoms with Crippen molar-refractivity contribution in [3.63, 3.8) is 0 Å². The van der Waals surface area contributed by atoms with Crippen LogP contribution in [0.15, 0.2) is 79.3 Å². The summed E-state index contributed by atoms with van der Waals surface area (Å²) < 4.78 is 1.73. The lowest BCUT2D eigenvalue weighted by molar-refractivity contribution is -0.105. The molecule has 0 aliphatic carbocycles. The highest BCUT2D eigenvalue weighted by Gasteiger charge is 2.14. The van der Waals surface area contributed by atoms with Gasteiger partial charge < -0.3 is 15.5 Å². The highest BCUT2D eigenvalue weighted by molar-refractivity contribution is 6.33. The van der Waals surface area contributed by atoms with Crippen molar-refractivity contribution in [1.82, 2.24) is 14.8 Å². The van der Waals surface area contributed by atoms with Crippen LogP contribution in [0.4, 0.5) is 17.1 Å². The minimum atomic E-state index is -0.0940. The Balaban J connectivity index is 0.000000271. The maximum Gasteiger partial charge on any atom is 0.258 e. The fourth-order valence-electron chi connectivity index (χ4n) is 2.99. The Kier molecular flexibility index (Phi) is 8.37. The van der Waals surface area contributed by atoms with Crippen LogP contribution in [-0.2, 0) is 4.79 Å². The molecule has 0 saturated heterocycles. The van der Waals surface area contributed by atoms with E-state index in [0.29, 0.717) is 22.7 Å². The number of aryl methyl sites for hydroxylation is 1. The van der Waals surface area contributed by atoms with Crippen LogP contribution in [0.25, 0.3) is 5.69 Å². The van der Waals surface area contributed by atoms with Crippen LogP contribution in [0.1, 0.15) is 16.1 Å². The molecule has 2 aromatic heterocycles. The first-order valence-corrected chi connectivity index (χ1v) is 10.8. The van der Waals surface area contributed by atoms with E-state index in [1.807, 2.05) is 50.5 Å². The van der Waals surface area contributed by atoms with Crippen LogP contribution in [0.3, 0.4) is 0 Å². The predicted molar refractivity (Wildman–Crippen MR) is 136 cm³/mol. The van der Waals surface area contributed by atoms with Crippen molar-refractivity contribution < 1.29 is 9.59 Å². The largest absolute Gasteiger partial charge is 0.386 e. The molecule has 0 fully saturated rings. The minimum Gasteiger partial charge on any atom is -0.386 e. The summed E-state index contributed by atoms with van der Waals surface area (Å²) in [4.78, 5) is 28.5. The molecule has 0 bridgehead atoms. The average Bonchev–Trinajstić information content (AvgIpc) is 3.35. The molecule has 2 heterocycles. The van der Waals surface area contributed by atoms with Crippen molar-refractivity contribution in [3.05, 3.63) is 95.5 Å². The second kappa shape index (κ2) is 11.6. The van der Waals surface area contributed by atoms with Crippen LogP contribution in [0.5, 0.6) is 0 Å². The van der Waals surface area contributed by atoms with Gasteiger partial charge in [0.05, 0.1) is 46.4 Å². The van der Waals surface area contributed by atoms with Gasteiger partial charge in [0.15, 0.2) is 0 Å². The van der Waals surface area contributed by atoms with Crippen LogP contribution < -0.4 is 15.5 Å². The van der Waals surface area contributed by atoms with E-state index in [9.17, 15) is 9.59 Å². The van der Waals surface area contributed by atoms with Crippen LogP contribution in [0, 0.1) is 6.92 Å². The van der Waals surface area contributed by atoms with E-state index < -0.39 is 0 Å². The zero-order valence-corrected chi connectivity index (χ0v) is 19.8. The Morgan fingerprint density at radius 2 is 1.88 bits per heavy atom. The summed E-state index contributed by atoms with van der Waals surface area (Å²) in [6.45, 7) is 1.92. The van der Waals surface area contributed by atoms with E-state index in [1.54, 1.807) is 59.4 Å². The lowest BCUT2D eigenvalue weighted by Gasteiger charge is -2.17. The summed E-state index contributed by atoms with van der Waals surface area (Å²) in [6, 6.07) is 18.2. The molecule has 0 aliphatic rings. The summed E-state index contributed by atoms with van der Waals surface area (Å²) in [5, 5.41) is 10.3. The first kappa shape index (κ1) is 24.5. The Morgan fingerprint density at radius 1 is 1.09 bits per heavy atom. The average molecular weight is 477 g/mol. The van der Waals surface area contributed by atoms with Crippen LogP contribution in [0.2, 0.25) is 5.02 Å². The first-order valence-electron chi connectivity index (χ1n) is 10.4. The van der Waals surface area contributed by atoms with E-state index in [4.69, 9.17) is 11.6 Å².